The smallest absolute Gasteiger partial charge is 0.265 e. The number of benzene rings is 1. The minimum Gasteiger partial charge on any atom is -0.436 e. The van der Waals surface area contributed by atoms with Crippen molar-refractivity contribution in [2.24, 2.45) is 14.1 Å². The number of hydrogen-bond acceptors (Lipinski definition) is 14. The molecule has 0 N–H and O–H groups in total. The summed E-state index contributed by atoms with van der Waals surface area (Å²) in [5, 5.41) is 0. The van der Waals surface area contributed by atoms with E-state index < -0.39 is 13.4 Å². The number of pyridine rings is 4. The summed E-state index contributed by atoms with van der Waals surface area (Å²) in [4.78, 5) is 37.7. The van der Waals surface area contributed by atoms with Crippen LogP contribution in [0.5, 0.6) is 46.5 Å². The van der Waals surface area contributed by atoms with E-state index in [4.69, 9.17) is 38.9 Å². The second-order valence-corrected chi connectivity index (χ2v) is 15.9. The summed E-state index contributed by atoms with van der Waals surface area (Å²) in [6, 6.07) is 8.47. The third kappa shape index (κ3) is 4.63. The first kappa shape index (κ1) is 33.2. The van der Waals surface area contributed by atoms with Crippen LogP contribution in [0.15, 0.2) is 98.6 Å². The van der Waals surface area contributed by atoms with Gasteiger partial charge in [0.25, 0.3) is 13.4 Å². The lowest BCUT2D eigenvalue weighted by Crippen LogP contribution is -2.62. The Morgan fingerprint density at radius 1 is 0.467 bits per heavy atom. The third-order valence-electron chi connectivity index (χ3n) is 12.1. The molecule has 6 aliphatic rings. The summed E-state index contributed by atoms with van der Waals surface area (Å²) in [6.45, 7) is 0.503. The SMILES string of the molecule is CN1C=CN(c2cnc3c(c2)B2c4cc(-c5nccn5C)cnc4Oc4c5c6c(c(c42)O3)Oc2ncc(N3C=CN(C)C3)cc2B6c2cc(-c3nccn3C)cnc2O5)C1. The highest BCUT2D eigenvalue weighted by Crippen LogP contribution is 2.49. The first-order valence-corrected chi connectivity index (χ1v) is 19.6. The Morgan fingerprint density at radius 2 is 0.850 bits per heavy atom. The summed E-state index contributed by atoms with van der Waals surface area (Å²) in [5.74, 6) is 5.32. The van der Waals surface area contributed by atoms with E-state index in [1.165, 1.54) is 0 Å². The lowest BCUT2D eigenvalue weighted by Gasteiger charge is -2.39. The van der Waals surface area contributed by atoms with Crippen LogP contribution in [0.1, 0.15) is 0 Å². The van der Waals surface area contributed by atoms with Gasteiger partial charge in [-0.3, -0.25) is 0 Å². The predicted octanol–water partition coefficient (Wildman–Crippen LogP) is 1.88. The van der Waals surface area contributed by atoms with Gasteiger partial charge in [-0.05, 0) is 46.1 Å². The Balaban J connectivity index is 1.06. The molecule has 0 amide bonds. The molecule has 0 unspecified atom stereocenters. The van der Waals surface area contributed by atoms with E-state index in [-0.39, 0.29) is 0 Å². The molecule has 6 aliphatic heterocycles. The van der Waals surface area contributed by atoms with Gasteiger partial charge in [-0.1, -0.05) is 0 Å². The van der Waals surface area contributed by atoms with Gasteiger partial charge in [-0.25, -0.2) is 29.9 Å². The van der Waals surface area contributed by atoms with E-state index in [0.29, 0.717) is 59.9 Å². The highest BCUT2D eigenvalue weighted by Gasteiger charge is 2.52. The van der Waals surface area contributed by atoms with Crippen LogP contribution in [0.3, 0.4) is 0 Å². The molecule has 0 saturated heterocycles. The molecule has 18 heteroatoms. The first-order chi connectivity index (χ1) is 29.3. The zero-order valence-electron chi connectivity index (χ0n) is 32.8. The topological polar surface area (TPSA) is 137 Å². The molecule has 0 radical (unpaired) electrons. The number of aryl methyl sites for hydroxylation is 2. The van der Waals surface area contributed by atoms with Gasteiger partial charge in [0.05, 0.1) is 37.1 Å². The molecule has 0 saturated carbocycles. The molecule has 13 rings (SSSR count). The van der Waals surface area contributed by atoms with E-state index in [1.54, 1.807) is 24.8 Å². The molecule has 16 nitrogen and oxygen atoms in total. The van der Waals surface area contributed by atoms with E-state index in [2.05, 4.69) is 53.8 Å². The van der Waals surface area contributed by atoms with Crippen molar-refractivity contribution in [2.45, 2.75) is 0 Å². The van der Waals surface area contributed by atoms with Crippen molar-refractivity contribution in [2.75, 3.05) is 37.2 Å². The Labute approximate surface area is 343 Å². The number of aromatic nitrogens is 8. The van der Waals surface area contributed by atoms with Crippen molar-refractivity contribution in [3.05, 3.63) is 98.6 Å². The van der Waals surface area contributed by atoms with E-state index in [9.17, 15) is 0 Å². The summed E-state index contributed by atoms with van der Waals surface area (Å²) in [7, 11) is 8.01. The average molecular weight is 790 g/mol. The van der Waals surface area contributed by atoms with Gasteiger partial charge in [0.1, 0.15) is 11.6 Å². The lowest BCUT2D eigenvalue weighted by molar-refractivity contribution is 0.381. The number of fused-ring (bicyclic) bond motifs is 10. The largest absolute Gasteiger partial charge is 0.436 e. The fourth-order valence-electron chi connectivity index (χ4n) is 9.23. The summed E-state index contributed by atoms with van der Waals surface area (Å²) in [6.07, 6.45) is 22.9. The molecule has 0 fully saturated rings. The van der Waals surface area contributed by atoms with Crippen LogP contribution < -0.4 is 61.5 Å². The number of nitrogens with zero attached hydrogens (tertiary/aromatic N) is 12. The highest BCUT2D eigenvalue weighted by molar-refractivity contribution is 7.00. The average Bonchev–Trinajstić information content (AvgIpc) is 4.10. The number of hydrogen-bond donors (Lipinski definition) is 0. The van der Waals surface area contributed by atoms with E-state index in [0.717, 1.165) is 66.9 Å². The quantitative estimate of drug-likeness (QED) is 0.240. The Kier molecular flexibility index (Phi) is 6.60. The van der Waals surface area contributed by atoms with Crippen molar-refractivity contribution in [1.82, 2.24) is 48.8 Å². The number of rotatable bonds is 4. The normalized spacial score (nSPS) is 15.7. The standard InChI is InChI=1S/C42H32B2N12O4/c1-51-9-11-55(21-51)25-15-29-41(49-19-25)59-35-31-33(57-39-27(43(29)31)13-23(17-47-39)37-45-5-7-53(37)3)34-32-36(35)60-42-30(16-26(20-50-42)56-12-10-52(2)22-56)44(32)28-14-24(18-48-40(28)58-34)38-46-6-8-54(38)4/h5-20H,21-22H2,1-4H3. The molecule has 290 valence electrons. The molecule has 6 aromatic heterocycles. The Hall–Kier alpha value is -7.75. The zero-order valence-corrected chi connectivity index (χ0v) is 32.8. The van der Waals surface area contributed by atoms with Crippen LogP contribution in [0.2, 0.25) is 0 Å². The first-order valence-electron chi connectivity index (χ1n) is 19.6. The number of imidazole rings is 2. The van der Waals surface area contributed by atoms with Gasteiger partial charge >= 0.3 is 0 Å². The van der Waals surface area contributed by atoms with Gasteiger partial charge in [0, 0.05) is 112 Å². The van der Waals surface area contributed by atoms with Crippen LogP contribution in [0.25, 0.3) is 22.8 Å². The van der Waals surface area contributed by atoms with Crippen molar-refractivity contribution in [3.63, 3.8) is 0 Å². The molecule has 0 aliphatic carbocycles. The summed E-state index contributed by atoms with van der Waals surface area (Å²) >= 11 is 0. The van der Waals surface area contributed by atoms with Crippen LogP contribution >= 0.6 is 0 Å². The molecular formula is C42H32B2N12O4. The van der Waals surface area contributed by atoms with Gasteiger partial charge in [0.2, 0.25) is 23.5 Å². The molecule has 12 heterocycles. The van der Waals surface area contributed by atoms with Crippen molar-refractivity contribution < 1.29 is 18.9 Å². The molecule has 1 aromatic carbocycles. The molecule has 0 spiro atoms. The fraction of sp³-hybridized carbons (Fsp3) is 0.143. The van der Waals surface area contributed by atoms with Crippen LogP contribution in [-0.2, 0) is 14.1 Å². The molecule has 0 atom stereocenters. The van der Waals surface area contributed by atoms with Gasteiger partial charge in [-0.15, -0.1) is 0 Å². The second kappa shape index (κ2) is 11.9. The molecule has 60 heavy (non-hydrogen) atoms. The maximum Gasteiger partial charge on any atom is 0.265 e. The zero-order chi connectivity index (χ0) is 40.0. The van der Waals surface area contributed by atoms with Crippen LogP contribution in [-0.4, -0.2) is 89.7 Å². The van der Waals surface area contributed by atoms with Crippen LogP contribution in [0.4, 0.5) is 11.4 Å². The van der Waals surface area contributed by atoms with Crippen molar-refractivity contribution in [1.29, 1.82) is 0 Å². The summed E-state index contributed by atoms with van der Waals surface area (Å²) < 4.78 is 31.7. The molecule has 0 bridgehead atoms. The third-order valence-corrected chi connectivity index (χ3v) is 12.1. The van der Waals surface area contributed by atoms with E-state index in [1.807, 2.05) is 86.9 Å². The fourth-order valence-corrected chi connectivity index (χ4v) is 9.23. The lowest BCUT2D eigenvalue weighted by atomic mass is 9.32. The number of anilines is 2. The molecule has 7 aromatic rings. The minimum atomic E-state index is -0.435. The van der Waals surface area contributed by atoms with Gasteiger partial charge < -0.3 is 47.7 Å². The van der Waals surface area contributed by atoms with Crippen molar-refractivity contribution in [3.8, 4) is 69.3 Å². The van der Waals surface area contributed by atoms with Crippen LogP contribution in [0, 0.1) is 0 Å². The second-order valence-electron chi connectivity index (χ2n) is 15.9. The van der Waals surface area contributed by atoms with Gasteiger partial charge in [-0.2, -0.15) is 0 Å². The Morgan fingerprint density at radius 3 is 1.20 bits per heavy atom. The van der Waals surface area contributed by atoms with Gasteiger partial charge in [0.15, 0.2) is 23.0 Å². The molecular weight excluding hydrogens is 758 g/mol. The number of ether oxygens (including phenoxy) is 4. The minimum absolute atomic E-state index is 0.435. The van der Waals surface area contributed by atoms with Crippen molar-refractivity contribution >= 4 is 57.6 Å². The van der Waals surface area contributed by atoms with E-state index >= 15 is 0 Å². The Bertz CT molecular complexity index is 2870. The maximum absolute atomic E-state index is 6.95. The summed E-state index contributed by atoms with van der Waals surface area (Å²) in [5.41, 5.74) is 8.40. The maximum atomic E-state index is 6.95. The monoisotopic (exact) mass is 790 g/mol. The predicted molar refractivity (Wildman–Crippen MR) is 226 cm³/mol. The highest BCUT2D eigenvalue weighted by atomic mass is 16.5.